The fraction of sp³-hybridized carbons (Fsp3) is 0.786. The highest BCUT2D eigenvalue weighted by atomic mass is 17.0. The molecule has 1 spiro atoms. The first kappa shape index (κ1) is 13.1. The van der Waals surface area contributed by atoms with Gasteiger partial charge in [-0.2, -0.15) is 0 Å². The molecule has 0 bridgehead atoms. The highest BCUT2D eigenvalue weighted by Gasteiger charge is 2.55. The number of carbonyl (C=O) groups excluding carboxylic acids is 1. The van der Waals surface area contributed by atoms with Crippen molar-refractivity contribution in [2.75, 3.05) is 13.2 Å². The molecule has 2 aliphatic heterocycles. The van der Waals surface area contributed by atoms with Gasteiger partial charge in [0.25, 0.3) is 0 Å². The monoisotopic (exact) mass is 267 g/mol. The molecular weight excluding hydrogens is 246 g/mol. The van der Waals surface area contributed by atoms with Crippen LogP contribution in [-0.4, -0.2) is 36.1 Å². The Bertz CT molecular complexity index is 420. The van der Waals surface area contributed by atoms with E-state index in [9.17, 15) is 4.79 Å². The standard InChI is InChI=1S/C14H21NO4/c1-3-17-13(16)12-8-14-7-5-4-6-11(14)10(2)9-18-15(14)19-12/h12H,3-9H2,1-2H3/t12-,14-/m1/s1. The van der Waals surface area contributed by atoms with Crippen LogP contribution < -0.4 is 0 Å². The fourth-order valence-electron chi connectivity index (χ4n) is 3.53. The Morgan fingerprint density at radius 3 is 3.16 bits per heavy atom. The van der Waals surface area contributed by atoms with Crippen molar-refractivity contribution in [3.05, 3.63) is 11.1 Å². The zero-order valence-electron chi connectivity index (χ0n) is 11.6. The van der Waals surface area contributed by atoms with Gasteiger partial charge in [-0.1, -0.05) is 11.6 Å². The Morgan fingerprint density at radius 2 is 2.37 bits per heavy atom. The van der Waals surface area contributed by atoms with Crippen molar-refractivity contribution < 1.29 is 19.2 Å². The number of carbonyl (C=O) groups is 1. The Labute approximate surface area is 113 Å². The van der Waals surface area contributed by atoms with Crippen LogP contribution in [0, 0.1) is 0 Å². The second-order valence-electron chi connectivity index (χ2n) is 5.58. The maximum Gasteiger partial charge on any atom is 0.337 e. The largest absolute Gasteiger partial charge is 0.464 e. The van der Waals surface area contributed by atoms with Crippen molar-refractivity contribution in [3.8, 4) is 0 Å². The van der Waals surface area contributed by atoms with Crippen molar-refractivity contribution >= 4 is 5.97 Å². The summed E-state index contributed by atoms with van der Waals surface area (Å²) in [5, 5.41) is 1.59. The molecule has 0 radical (unpaired) electrons. The second-order valence-corrected chi connectivity index (χ2v) is 5.58. The number of rotatable bonds is 2. The lowest BCUT2D eigenvalue weighted by molar-refractivity contribution is -0.386. The molecule has 106 valence electrons. The second kappa shape index (κ2) is 4.89. The minimum atomic E-state index is -0.529. The Balaban J connectivity index is 1.87. The molecule has 1 saturated carbocycles. The molecule has 0 aromatic heterocycles. The van der Waals surface area contributed by atoms with Gasteiger partial charge >= 0.3 is 5.97 Å². The van der Waals surface area contributed by atoms with Crippen LogP contribution in [0.15, 0.2) is 11.1 Å². The fourth-order valence-corrected chi connectivity index (χ4v) is 3.53. The lowest BCUT2D eigenvalue weighted by atomic mass is 9.72. The summed E-state index contributed by atoms with van der Waals surface area (Å²) in [5.41, 5.74) is 2.48. The summed E-state index contributed by atoms with van der Waals surface area (Å²) in [6.07, 6.45) is 4.57. The first-order valence-corrected chi connectivity index (χ1v) is 7.13. The van der Waals surface area contributed by atoms with Crippen LogP contribution in [0.4, 0.5) is 0 Å². The molecule has 0 amide bonds. The molecule has 0 aromatic carbocycles. The minimum absolute atomic E-state index is 0.224. The number of hydrogen-bond acceptors (Lipinski definition) is 5. The first-order valence-electron chi connectivity index (χ1n) is 7.13. The van der Waals surface area contributed by atoms with Gasteiger partial charge in [0.15, 0.2) is 6.10 Å². The van der Waals surface area contributed by atoms with Crippen LogP contribution in [0.3, 0.4) is 0 Å². The van der Waals surface area contributed by atoms with E-state index in [0.29, 0.717) is 19.6 Å². The number of hydrogen-bond donors (Lipinski definition) is 0. The van der Waals surface area contributed by atoms with Crippen molar-refractivity contribution in [1.29, 1.82) is 0 Å². The van der Waals surface area contributed by atoms with Gasteiger partial charge in [-0.3, -0.25) is 9.68 Å². The number of nitrogens with zero attached hydrogens (tertiary/aromatic N) is 1. The number of ether oxygens (including phenoxy) is 1. The van der Waals surface area contributed by atoms with Crippen molar-refractivity contribution in [2.24, 2.45) is 0 Å². The molecule has 19 heavy (non-hydrogen) atoms. The minimum Gasteiger partial charge on any atom is -0.464 e. The van der Waals surface area contributed by atoms with E-state index in [1.807, 2.05) is 6.92 Å². The van der Waals surface area contributed by atoms with Crippen LogP contribution in [0.25, 0.3) is 0 Å². The molecule has 0 N–H and O–H groups in total. The number of hydroxylamine groups is 2. The smallest absolute Gasteiger partial charge is 0.337 e. The summed E-state index contributed by atoms with van der Waals surface area (Å²) in [4.78, 5) is 23.3. The molecule has 3 aliphatic rings. The molecule has 2 fully saturated rings. The van der Waals surface area contributed by atoms with Crippen molar-refractivity contribution in [1.82, 2.24) is 5.23 Å². The summed E-state index contributed by atoms with van der Waals surface area (Å²) in [6.45, 7) is 4.88. The molecule has 0 aromatic rings. The zero-order chi connectivity index (χ0) is 13.5. The molecule has 0 unspecified atom stereocenters. The van der Waals surface area contributed by atoms with E-state index in [4.69, 9.17) is 14.4 Å². The van der Waals surface area contributed by atoms with Crippen molar-refractivity contribution in [2.45, 2.75) is 57.6 Å². The average molecular weight is 267 g/mol. The van der Waals surface area contributed by atoms with Crippen LogP contribution >= 0.6 is 0 Å². The molecule has 3 rings (SSSR count). The third kappa shape index (κ3) is 2.00. The topological polar surface area (TPSA) is 48.0 Å². The highest BCUT2D eigenvalue weighted by molar-refractivity contribution is 5.75. The third-order valence-electron chi connectivity index (χ3n) is 4.39. The molecule has 2 atom stereocenters. The Kier molecular flexibility index (Phi) is 3.37. The highest BCUT2D eigenvalue weighted by Crippen LogP contribution is 2.49. The van der Waals surface area contributed by atoms with E-state index in [-0.39, 0.29) is 11.5 Å². The zero-order valence-corrected chi connectivity index (χ0v) is 11.6. The van der Waals surface area contributed by atoms with E-state index in [1.165, 1.54) is 17.6 Å². The molecule has 5 heteroatoms. The van der Waals surface area contributed by atoms with Gasteiger partial charge in [0.2, 0.25) is 0 Å². The van der Waals surface area contributed by atoms with Crippen molar-refractivity contribution in [3.63, 3.8) is 0 Å². The quantitative estimate of drug-likeness (QED) is 0.566. The maximum atomic E-state index is 11.9. The van der Waals surface area contributed by atoms with Crippen LogP contribution in [-0.2, 0) is 19.2 Å². The normalized spacial score (nSPS) is 34.9. The molecule has 1 saturated heterocycles. The van der Waals surface area contributed by atoms with Crippen LogP contribution in [0.2, 0.25) is 0 Å². The molecule has 1 aliphatic carbocycles. The van der Waals surface area contributed by atoms with Crippen LogP contribution in [0.5, 0.6) is 0 Å². The summed E-state index contributed by atoms with van der Waals surface area (Å²) >= 11 is 0. The SMILES string of the molecule is CCOC(=O)[C@H]1C[C@]23CCCCC2=C(C)CON3O1. The van der Waals surface area contributed by atoms with Gasteiger partial charge in [0.1, 0.15) is 0 Å². The Hall–Kier alpha value is -0.910. The summed E-state index contributed by atoms with van der Waals surface area (Å²) in [7, 11) is 0. The van der Waals surface area contributed by atoms with Crippen LogP contribution in [0.1, 0.15) is 46.0 Å². The predicted molar refractivity (Wildman–Crippen MR) is 67.8 cm³/mol. The van der Waals surface area contributed by atoms with Gasteiger partial charge in [-0.25, -0.2) is 4.79 Å². The lowest BCUT2D eigenvalue weighted by Crippen LogP contribution is -2.49. The third-order valence-corrected chi connectivity index (χ3v) is 4.39. The molecule has 5 nitrogen and oxygen atoms in total. The molecule has 2 heterocycles. The van der Waals surface area contributed by atoms with Gasteiger partial charge in [-0.15, -0.1) is 0 Å². The predicted octanol–water partition coefficient (Wildman–Crippen LogP) is 2.13. The maximum absolute atomic E-state index is 11.9. The average Bonchev–Trinajstić information content (AvgIpc) is 2.78. The number of esters is 1. The first-order chi connectivity index (χ1) is 9.17. The van der Waals surface area contributed by atoms with E-state index in [1.54, 1.807) is 5.23 Å². The van der Waals surface area contributed by atoms with E-state index >= 15 is 0 Å². The summed E-state index contributed by atoms with van der Waals surface area (Å²) < 4.78 is 5.07. The van der Waals surface area contributed by atoms with E-state index in [2.05, 4.69) is 6.92 Å². The van der Waals surface area contributed by atoms with Gasteiger partial charge in [-0.05, 0) is 44.3 Å². The van der Waals surface area contributed by atoms with Gasteiger partial charge < -0.3 is 4.74 Å². The van der Waals surface area contributed by atoms with Gasteiger partial charge in [0.05, 0.1) is 18.8 Å². The summed E-state index contributed by atoms with van der Waals surface area (Å²) in [5.74, 6) is -0.280. The van der Waals surface area contributed by atoms with E-state index in [0.717, 1.165) is 19.3 Å². The lowest BCUT2D eigenvalue weighted by Gasteiger charge is -2.44. The Morgan fingerprint density at radius 1 is 1.53 bits per heavy atom. The summed E-state index contributed by atoms with van der Waals surface area (Å²) in [6, 6.07) is 0. The van der Waals surface area contributed by atoms with Gasteiger partial charge in [0, 0.05) is 6.42 Å². The van der Waals surface area contributed by atoms with E-state index < -0.39 is 6.10 Å². The molecular formula is C14H21NO4.